The van der Waals surface area contributed by atoms with E-state index in [2.05, 4.69) is 0 Å². The summed E-state index contributed by atoms with van der Waals surface area (Å²) in [4.78, 5) is 0. The fourth-order valence-electron chi connectivity index (χ4n) is 1.05. The summed E-state index contributed by atoms with van der Waals surface area (Å²) in [6.07, 6.45) is 0. The van der Waals surface area contributed by atoms with Gasteiger partial charge in [0.25, 0.3) is 0 Å². The lowest BCUT2D eigenvalue weighted by Gasteiger charge is -2.00. The first kappa shape index (κ1) is 9.26. The molecule has 1 aromatic rings. The minimum atomic E-state index is -2.30. The van der Waals surface area contributed by atoms with E-state index in [0.717, 1.165) is 11.1 Å². The van der Waals surface area contributed by atoms with E-state index >= 15 is 0 Å². The van der Waals surface area contributed by atoms with E-state index in [1.165, 1.54) is 5.56 Å². The molecular formula is C9H12O2S. The van der Waals surface area contributed by atoms with Gasteiger partial charge in [-0.25, -0.2) is 8.42 Å². The van der Waals surface area contributed by atoms with Crippen molar-refractivity contribution in [2.75, 3.05) is 0 Å². The van der Waals surface area contributed by atoms with Gasteiger partial charge in [0.15, 0.2) is 0 Å². The van der Waals surface area contributed by atoms with Crippen molar-refractivity contribution in [1.82, 2.24) is 0 Å². The Morgan fingerprint density at radius 3 is 2.33 bits per heavy atom. The van der Waals surface area contributed by atoms with Gasteiger partial charge in [0.05, 0.1) is 5.75 Å². The minimum absolute atomic E-state index is 0.149. The zero-order valence-corrected chi connectivity index (χ0v) is 8.10. The van der Waals surface area contributed by atoms with Crippen LogP contribution < -0.4 is 0 Å². The van der Waals surface area contributed by atoms with Crippen LogP contribution in [-0.2, 0) is 16.5 Å². The van der Waals surface area contributed by atoms with E-state index < -0.39 is 10.7 Å². The second-order valence-electron chi connectivity index (χ2n) is 2.91. The summed E-state index contributed by atoms with van der Waals surface area (Å²) in [6.45, 7) is 3.99. The number of hydrogen-bond donors (Lipinski definition) is 1. The molecular weight excluding hydrogens is 172 g/mol. The van der Waals surface area contributed by atoms with E-state index in [1.54, 1.807) is 0 Å². The second kappa shape index (κ2) is 3.72. The fraction of sp³-hybridized carbons (Fsp3) is 0.333. The van der Waals surface area contributed by atoms with Gasteiger partial charge < -0.3 is 0 Å². The van der Waals surface area contributed by atoms with Crippen LogP contribution in [0.15, 0.2) is 18.2 Å². The van der Waals surface area contributed by atoms with Crippen LogP contribution in [0.5, 0.6) is 0 Å². The number of hydrogen-bond acceptors (Lipinski definition) is 2. The lowest BCUT2D eigenvalue weighted by molar-refractivity contribution is 0.614. The monoisotopic (exact) mass is 184 g/mol. The Morgan fingerprint density at radius 1 is 1.17 bits per heavy atom. The molecule has 0 saturated heterocycles. The van der Waals surface area contributed by atoms with E-state index in [9.17, 15) is 8.42 Å². The van der Waals surface area contributed by atoms with Gasteiger partial charge in [0.2, 0.25) is 0 Å². The molecule has 0 unspecified atom stereocenters. The molecule has 0 N–H and O–H groups in total. The number of aryl methyl sites for hydroxylation is 2. The SMILES string of the molecule is Cc1ccc(C[SH](=O)=O)cc1C. The Kier molecular flexibility index (Phi) is 2.87. The molecule has 0 aliphatic rings. The van der Waals surface area contributed by atoms with Crippen molar-refractivity contribution in [3.05, 3.63) is 34.9 Å². The minimum Gasteiger partial charge on any atom is -0.232 e. The highest BCUT2D eigenvalue weighted by molar-refractivity contribution is 7.71. The Balaban J connectivity index is 2.97. The van der Waals surface area contributed by atoms with Crippen molar-refractivity contribution in [1.29, 1.82) is 0 Å². The Hall–Kier alpha value is -0.830. The summed E-state index contributed by atoms with van der Waals surface area (Å²) >= 11 is 0. The van der Waals surface area contributed by atoms with Gasteiger partial charge in [-0.15, -0.1) is 0 Å². The standard InChI is InChI=1S/C9H12O2S/c1-7-3-4-9(5-8(7)2)6-12(10)11/h3-5,12H,6H2,1-2H3. The van der Waals surface area contributed by atoms with Crippen LogP contribution in [0.4, 0.5) is 0 Å². The Morgan fingerprint density at radius 2 is 1.83 bits per heavy atom. The highest BCUT2D eigenvalue weighted by Gasteiger charge is 1.96. The molecule has 0 aliphatic carbocycles. The lowest BCUT2D eigenvalue weighted by atomic mass is 10.1. The first-order valence-electron chi connectivity index (χ1n) is 3.77. The van der Waals surface area contributed by atoms with Crippen molar-refractivity contribution >= 4 is 10.7 Å². The van der Waals surface area contributed by atoms with Crippen molar-refractivity contribution in [3.63, 3.8) is 0 Å². The van der Waals surface area contributed by atoms with Crippen LogP contribution in [0.1, 0.15) is 16.7 Å². The van der Waals surface area contributed by atoms with Crippen LogP contribution in [0, 0.1) is 13.8 Å². The molecule has 1 aromatic carbocycles. The Labute approximate surface area is 74.2 Å². The summed E-state index contributed by atoms with van der Waals surface area (Å²) in [5.41, 5.74) is 3.21. The van der Waals surface area contributed by atoms with E-state index in [-0.39, 0.29) is 5.75 Å². The molecule has 12 heavy (non-hydrogen) atoms. The van der Waals surface area contributed by atoms with E-state index in [1.807, 2.05) is 32.0 Å². The summed E-state index contributed by atoms with van der Waals surface area (Å²) in [5.74, 6) is 0.149. The quantitative estimate of drug-likeness (QED) is 0.705. The van der Waals surface area contributed by atoms with Crippen LogP contribution in [0.25, 0.3) is 0 Å². The smallest absolute Gasteiger partial charge is 0.144 e. The molecule has 0 amide bonds. The zero-order chi connectivity index (χ0) is 9.14. The van der Waals surface area contributed by atoms with Crippen molar-refractivity contribution in [2.24, 2.45) is 0 Å². The van der Waals surface area contributed by atoms with Gasteiger partial charge in [-0.1, -0.05) is 18.2 Å². The maximum atomic E-state index is 10.4. The average molecular weight is 184 g/mol. The predicted octanol–water partition coefficient (Wildman–Crippen LogP) is 1.41. The molecule has 66 valence electrons. The lowest BCUT2D eigenvalue weighted by Crippen LogP contribution is -1.89. The Bertz CT molecular complexity index is 346. The summed E-state index contributed by atoms with van der Waals surface area (Å²) in [7, 11) is -2.30. The topological polar surface area (TPSA) is 34.1 Å². The summed E-state index contributed by atoms with van der Waals surface area (Å²) < 4.78 is 20.8. The normalized spacial score (nSPS) is 10.6. The largest absolute Gasteiger partial charge is 0.232 e. The number of rotatable bonds is 2. The van der Waals surface area contributed by atoms with Crippen LogP contribution in [0.3, 0.4) is 0 Å². The second-order valence-corrected chi connectivity index (χ2v) is 3.89. The predicted molar refractivity (Wildman–Crippen MR) is 49.9 cm³/mol. The number of thiol groups is 1. The third kappa shape index (κ3) is 2.34. The zero-order valence-electron chi connectivity index (χ0n) is 7.20. The molecule has 0 saturated carbocycles. The van der Waals surface area contributed by atoms with E-state index in [4.69, 9.17) is 0 Å². The van der Waals surface area contributed by atoms with Crippen LogP contribution in [-0.4, -0.2) is 8.42 Å². The molecule has 2 nitrogen and oxygen atoms in total. The third-order valence-corrected chi connectivity index (χ3v) is 2.51. The van der Waals surface area contributed by atoms with Gasteiger partial charge in [-0.3, -0.25) is 0 Å². The fourth-order valence-corrected chi connectivity index (χ4v) is 1.55. The maximum Gasteiger partial charge on any atom is 0.144 e. The highest BCUT2D eigenvalue weighted by atomic mass is 32.2. The van der Waals surface area contributed by atoms with Gasteiger partial charge in [0, 0.05) is 0 Å². The molecule has 3 heteroatoms. The third-order valence-electron chi connectivity index (χ3n) is 1.88. The molecule has 0 heterocycles. The molecule has 1 rings (SSSR count). The van der Waals surface area contributed by atoms with Crippen molar-refractivity contribution in [2.45, 2.75) is 19.6 Å². The molecule has 0 fully saturated rings. The van der Waals surface area contributed by atoms with Crippen LogP contribution in [0.2, 0.25) is 0 Å². The van der Waals surface area contributed by atoms with E-state index in [0.29, 0.717) is 0 Å². The molecule has 0 bridgehead atoms. The first-order valence-corrected chi connectivity index (χ1v) is 5.14. The average Bonchev–Trinajstić information content (AvgIpc) is 1.96. The van der Waals surface area contributed by atoms with Gasteiger partial charge in [-0.05, 0) is 30.5 Å². The molecule has 0 aliphatic heterocycles. The van der Waals surface area contributed by atoms with Crippen LogP contribution >= 0.6 is 0 Å². The maximum absolute atomic E-state index is 10.4. The summed E-state index contributed by atoms with van der Waals surface area (Å²) in [6, 6.07) is 5.72. The highest BCUT2D eigenvalue weighted by Crippen LogP contribution is 2.10. The molecule has 0 atom stereocenters. The molecule has 0 spiro atoms. The molecule has 0 radical (unpaired) electrons. The van der Waals surface area contributed by atoms with Gasteiger partial charge in [-0.2, -0.15) is 0 Å². The van der Waals surface area contributed by atoms with Gasteiger partial charge >= 0.3 is 0 Å². The molecule has 0 aromatic heterocycles. The number of benzene rings is 1. The first-order chi connectivity index (χ1) is 5.59. The van der Waals surface area contributed by atoms with Crippen molar-refractivity contribution < 1.29 is 8.42 Å². The van der Waals surface area contributed by atoms with Gasteiger partial charge in [0.1, 0.15) is 10.7 Å². The summed E-state index contributed by atoms with van der Waals surface area (Å²) in [5, 5.41) is 0. The van der Waals surface area contributed by atoms with Crippen molar-refractivity contribution in [3.8, 4) is 0 Å².